The molecule has 5 heteroatoms. The third kappa shape index (κ3) is 3.46. The van der Waals surface area contributed by atoms with E-state index in [1.165, 1.54) is 32.1 Å². The first-order valence-corrected chi connectivity index (χ1v) is 8.20. The molecule has 2 heterocycles. The van der Waals surface area contributed by atoms with E-state index in [0.717, 1.165) is 26.1 Å². The second-order valence-electron chi connectivity index (χ2n) is 6.88. The van der Waals surface area contributed by atoms with Crippen molar-refractivity contribution < 1.29 is 4.79 Å². The second kappa shape index (κ2) is 6.18. The van der Waals surface area contributed by atoms with E-state index in [0.29, 0.717) is 11.7 Å². The maximum atomic E-state index is 12.2. The Morgan fingerprint density at radius 1 is 1.48 bits per heavy atom. The number of carbonyl (C=O) groups excluding carboxylic acids is 1. The molecule has 0 radical (unpaired) electrons. The van der Waals surface area contributed by atoms with Gasteiger partial charge in [0.1, 0.15) is 5.69 Å². The Balaban J connectivity index is 1.56. The Kier molecular flexibility index (Phi) is 4.29. The monoisotopic (exact) mass is 290 g/mol. The van der Waals surface area contributed by atoms with Gasteiger partial charge in [-0.15, -0.1) is 0 Å². The van der Waals surface area contributed by atoms with E-state index in [-0.39, 0.29) is 11.3 Å². The molecular weight excluding hydrogens is 264 g/mol. The third-order valence-electron chi connectivity index (χ3n) is 4.97. The zero-order valence-electron chi connectivity index (χ0n) is 12.9. The topological polar surface area (TPSA) is 59.0 Å². The van der Waals surface area contributed by atoms with Crippen LogP contribution in [-0.2, 0) is 0 Å². The number of aromatic nitrogens is 2. The fourth-order valence-electron chi connectivity index (χ4n) is 3.51. The molecule has 1 aliphatic carbocycles. The summed E-state index contributed by atoms with van der Waals surface area (Å²) in [5, 5.41) is 10.9. The lowest BCUT2D eigenvalue weighted by Gasteiger charge is -2.23. The van der Waals surface area contributed by atoms with Crippen molar-refractivity contribution in [3.63, 3.8) is 0 Å². The molecule has 2 fully saturated rings. The molecule has 21 heavy (non-hydrogen) atoms. The van der Waals surface area contributed by atoms with Gasteiger partial charge in [0.25, 0.3) is 5.91 Å². The summed E-state index contributed by atoms with van der Waals surface area (Å²) in [4.78, 5) is 12.2. The molecule has 0 bridgehead atoms. The van der Waals surface area contributed by atoms with Crippen LogP contribution in [0.15, 0.2) is 12.3 Å². The summed E-state index contributed by atoms with van der Waals surface area (Å²) >= 11 is 0. The molecule has 116 valence electrons. The van der Waals surface area contributed by atoms with E-state index in [4.69, 9.17) is 0 Å². The number of amides is 1. The van der Waals surface area contributed by atoms with Gasteiger partial charge in [0, 0.05) is 19.3 Å². The molecule has 2 N–H and O–H groups in total. The van der Waals surface area contributed by atoms with E-state index in [9.17, 15) is 4.79 Å². The summed E-state index contributed by atoms with van der Waals surface area (Å²) < 4.78 is 1.94. The van der Waals surface area contributed by atoms with Crippen LogP contribution in [0.5, 0.6) is 0 Å². The molecule has 1 aromatic heterocycles. The van der Waals surface area contributed by atoms with Crippen molar-refractivity contribution in [3.8, 4) is 0 Å². The molecule has 1 aromatic rings. The predicted molar refractivity (Wildman–Crippen MR) is 82.3 cm³/mol. The fraction of sp³-hybridized carbons (Fsp3) is 0.750. The van der Waals surface area contributed by atoms with Crippen LogP contribution in [0.4, 0.5) is 0 Å². The minimum absolute atomic E-state index is 0.0364. The van der Waals surface area contributed by atoms with Crippen molar-refractivity contribution in [2.24, 2.45) is 5.41 Å². The summed E-state index contributed by atoms with van der Waals surface area (Å²) in [6, 6.07) is 2.22. The van der Waals surface area contributed by atoms with Crippen molar-refractivity contribution >= 4 is 5.91 Å². The maximum absolute atomic E-state index is 12.2. The first-order valence-electron chi connectivity index (χ1n) is 8.20. The summed E-state index contributed by atoms with van der Waals surface area (Å²) in [5.74, 6) is -0.0364. The number of piperidine rings is 1. The minimum atomic E-state index is -0.0364. The SMILES string of the molecule is CC1(CNC(=O)c2ccn(C3CCCNC3)n2)CCCC1. The Hall–Kier alpha value is -1.36. The van der Waals surface area contributed by atoms with Crippen LogP contribution in [0.2, 0.25) is 0 Å². The molecule has 1 aliphatic heterocycles. The summed E-state index contributed by atoms with van der Waals surface area (Å²) in [5.41, 5.74) is 0.827. The largest absolute Gasteiger partial charge is 0.350 e. The molecule has 5 nitrogen and oxygen atoms in total. The Bertz CT molecular complexity index is 484. The normalized spacial score (nSPS) is 24.9. The summed E-state index contributed by atoms with van der Waals surface area (Å²) in [6.07, 6.45) is 9.25. The van der Waals surface area contributed by atoms with Gasteiger partial charge in [-0.3, -0.25) is 9.48 Å². The van der Waals surface area contributed by atoms with E-state index in [2.05, 4.69) is 22.7 Å². The van der Waals surface area contributed by atoms with Gasteiger partial charge in [0.05, 0.1) is 6.04 Å². The maximum Gasteiger partial charge on any atom is 0.271 e. The Morgan fingerprint density at radius 3 is 3.00 bits per heavy atom. The third-order valence-corrected chi connectivity index (χ3v) is 4.97. The lowest BCUT2D eigenvalue weighted by atomic mass is 9.89. The molecule has 3 rings (SSSR count). The first-order chi connectivity index (χ1) is 10.2. The van der Waals surface area contributed by atoms with Gasteiger partial charge < -0.3 is 10.6 Å². The van der Waals surface area contributed by atoms with Gasteiger partial charge >= 0.3 is 0 Å². The molecular formula is C16H26N4O. The van der Waals surface area contributed by atoms with E-state index in [1.54, 1.807) is 0 Å². The van der Waals surface area contributed by atoms with Crippen molar-refractivity contribution in [3.05, 3.63) is 18.0 Å². The van der Waals surface area contributed by atoms with E-state index in [1.807, 2.05) is 16.9 Å². The highest BCUT2D eigenvalue weighted by Gasteiger charge is 2.29. The van der Waals surface area contributed by atoms with Crippen LogP contribution in [0.1, 0.15) is 62.0 Å². The highest BCUT2D eigenvalue weighted by molar-refractivity contribution is 5.92. The van der Waals surface area contributed by atoms with Crippen LogP contribution in [0.3, 0.4) is 0 Å². The number of carbonyl (C=O) groups is 1. The van der Waals surface area contributed by atoms with Crippen LogP contribution in [0, 0.1) is 5.41 Å². The zero-order chi connectivity index (χ0) is 14.7. The van der Waals surface area contributed by atoms with Crippen molar-refractivity contribution in [1.29, 1.82) is 0 Å². The Labute approximate surface area is 126 Å². The molecule has 1 amide bonds. The van der Waals surface area contributed by atoms with Gasteiger partial charge in [-0.05, 0) is 43.7 Å². The number of nitrogens with one attached hydrogen (secondary N) is 2. The van der Waals surface area contributed by atoms with Gasteiger partial charge in [0.2, 0.25) is 0 Å². The molecule has 1 unspecified atom stereocenters. The summed E-state index contributed by atoms with van der Waals surface area (Å²) in [7, 11) is 0. The van der Waals surface area contributed by atoms with Crippen LogP contribution < -0.4 is 10.6 Å². The molecule has 0 aromatic carbocycles. The van der Waals surface area contributed by atoms with E-state index >= 15 is 0 Å². The van der Waals surface area contributed by atoms with Gasteiger partial charge in [-0.1, -0.05) is 19.8 Å². The Morgan fingerprint density at radius 2 is 2.29 bits per heavy atom. The lowest BCUT2D eigenvalue weighted by molar-refractivity contribution is 0.0928. The average Bonchev–Trinajstić information content (AvgIpc) is 3.16. The standard InChI is InChI=1S/C16H26N4O/c1-16(7-2-3-8-16)12-18-15(21)14-6-10-20(19-14)13-5-4-9-17-11-13/h6,10,13,17H,2-5,7-9,11-12H2,1H3,(H,18,21). The molecule has 1 atom stereocenters. The number of hydrogen-bond donors (Lipinski definition) is 2. The zero-order valence-corrected chi connectivity index (χ0v) is 12.9. The predicted octanol–water partition coefficient (Wildman–Crippen LogP) is 2.12. The van der Waals surface area contributed by atoms with Crippen LogP contribution in [0.25, 0.3) is 0 Å². The minimum Gasteiger partial charge on any atom is -0.350 e. The average molecular weight is 290 g/mol. The number of nitrogens with zero attached hydrogens (tertiary/aromatic N) is 2. The lowest BCUT2D eigenvalue weighted by Crippen LogP contribution is -2.35. The first kappa shape index (κ1) is 14.6. The number of rotatable bonds is 4. The fourth-order valence-corrected chi connectivity index (χ4v) is 3.51. The number of hydrogen-bond acceptors (Lipinski definition) is 3. The molecule has 2 aliphatic rings. The molecule has 1 saturated heterocycles. The quantitative estimate of drug-likeness (QED) is 0.893. The van der Waals surface area contributed by atoms with Gasteiger partial charge in [-0.25, -0.2) is 0 Å². The van der Waals surface area contributed by atoms with Crippen molar-refractivity contribution in [1.82, 2.24) is 20.4 Å². The second-order valence-corrected chi connectivity index (χ2v) is 6.88. The van der Waals surface area contributed by atoms with E-state index < -0.39 is 0 Å². The smallest absolute Gasteiger partial charge is 0.271 e. The van der Waals surface area contributed by atoms with Crippen molar-refractivity contribution in [2.75, 3.05) is 19.6 Å². The van der Waals surface area contributed by atoms with Crippen LogP contribution >= 0.6 is 0 Å². The molecule has 1 saturated carbocycles. The summed E-state index contributed by atoms with van der Waals surface area (Å²) in [6.45, 7) is 5.07. The van der Waals surface area contributed by atoms with Crippen LogP contribution in [-0.4, -0.2) is 35.3 Å². The van der Waals surface area contributed by atoms with Crippen molar-refractivity contribution in [2.45, 2.75) is 51.5 Å². The highest BCUT2D eigenvalue weighted by Crippen LogP contribution is 2.36. The molecule has 0 spiro atoms. The van der Waals surface area contributed by atoms with Gasteiger partial charge in [0.15, 0.2) is 0 Å². The highest BCUT2D eigenvalue weighted by atomic mass is 16.1. The van der Waals surface area contributed by atoms with Gasteiger partial charge in [-0.2, -0.15) is 5.10 Å².